The van der Waals surface area contributed by atoms with E-state index in [2.05, 4.69) is 0 Å². The Balaban J connectivity index is 1.44. The molecule has 1 heterocycles. The molecule has 33 heavy (non-hydrogen) atoms. The minimum absolute atomic E-state index is 0.106. The van der Waals surface area contributed by atoms with Crippen molar-refractivity contribution in [3.05, 3.63) is 89.5 Å². The monoisotopic (exact) mass is 466 g/mol. The van der Waals surface area contributed by atoms with Crippen LogP contribution in [0.25, 0.3) is 0 Å². The molecule has 7 nitrogen and oxygen atoms in total. The third-order valence-corrected chi connectivity index (χ3v) is 7.57. The number of amides is 1. The van der Waals surface area contributed by atoms with Gasteiger partial charge in [-0.3, -0.25) is 4.79 Å². The Kier molecular flexibility index (Phi) is 6.67. The minimum atomic E-state index is -3.85. The second-order valence-corrected chi connectivity index (χ2v) is 9.83. The number of sulfonamides is 1. The molecule has 1 aliphatic heterocycles. The molecule has 1 saturated heterocycles. The van der Waals surface area contributed by atoms with E-state index in [9.17, 15) is 18.3 Å². The van der Waals surface area contributed by atoms with E-state index < -0.39 is 10.0 Å². The number of benzene rings is 3. The highest BCUT2D eigenvalue weighted by molar-refractivity contribution is 7.89. The van der Waals surface area contributed by atoms with E-state index in [1.165, 1.54) is 16.4 Å². The van der Waals surface area contributed by atoms with Crippen LogP contribution in [0.1, 0.15) is 21.5 Å². The molecule has 1 aliphatic rings. The number of phenols is 1. The number of piperazine rings is 1. The predicted octanol–water partition coefficient (Wildman–Crippen LogP) is 3.43. The van der Waals surface area contributed by atoms with Crippen molar-refractivity contribution in [1.29, 1.82) is 0 Å². The lowest BCUT2D eigenvalue weighted by molar-refractivity contribution is 0.0695. The molecule has 3 aromatic rings. The van der Waals surface area contributed by atoms with Crippen LogP contribution in [0, 0.1) is 6.92 Å². The summed E-state index contributed by atoms with van der Waals surface area (Å²) >= 11 is 0. The van der Waals surface area contributed by atoms with Crippen molar-refractivity contribution in [2.75, 3.05) is 26.2 Å². The smallest absolute Gasteiger partial charge is 0.254 e. The highest BCUT2D eigenvalue weighted by Gasteiger charge is 2.32. The maximum atomic E-state index is 13.2. The summed E-state index contributed by atoms with van der Waals surface area (Å²) in [4.78, 5) is 14.8. The van der Waals surface area contributed by atoms with E-state index in [0.29, 0.717) is 5.56 Å². The molecule has 1 N–H and O–H groups in total. The Bertz CT molecular complexity index is 1240. The Morgan fingerprint density at radius 3 is 2.33 bits per heavy atom. The molecule has 3 aromatic carbocycles. The molecule has 0 atom stereocenters. The zero-order valence-electron chi connectivity index (χ0n) is 18.3. The third-order valence-electron chi connectivity index (χ3n) is 5.64. The molecule has 1 fully saturated rings. The van der Waals surface area contributed by atoms with Gasteiger partial charge in [-0.15, -0.1) is 0 Å². The molecule has 0 unspecified atom stereocenters. The van der Waals surface area contributed by atoms with Gasteiger partial charge in [-0.25, -0.2) is 8.42 Å². The first-order chi connectivity index (χ1) is 15.9. The van der Waals surface area contributed by atoms with Crippen LogP contribution in [0.3, 0.4) is 0 Å². The number of phenolic OH excluding ortho intramolecular Hbond substituents is 1. The van der Waals surface area contributed by atoms with Crippen LogP contribution < -0.4 is 4.74 Å². The number of ether oxygens (including phenoxy) is 1. The number of carbonyl (C=O) groups is 1. The van der Waals surface area contributed by atoms with E-state index in [4.69, 9.17) is 4.74 Å². The van der Waals surface area contributed by atoms with Gasteiger partial charge in [0, 0.05) is 37.3 Å². The van der Waals surface area contributed by atoms with Gasteiger partial charge in [-0.1, -0.05) is 42.5 Å². The van der Waals surface area contributed by atoms with Gasteiger partial charge in [0.2, 0.25) is 10.0 Å². The van der Waals surface area contributed by atoms with Crippen LogP contribution in [0.4, 0.5) is 0 Å². The highest BCUT2D eigenvalue weighted by atomic mass is 32.2. The van der Waals surface area contributed by atoms with Crippen LogP contribution in [0.2, 0.25) is 0 Å². The molecule has 8 heteroatoms. The number of hydrogen-bond acceptors (Lipinski definition) is 5. The van der Waals surface area contributed by atoms with E-state index in [1.807, 2.05) is 42.5 Å². The molecular formula is C25H26N2O5S. The van der Waals surface area contributed by atoms with Crippen LogP contribution in [-0.4, -0.2) is 54.8 Å². The molecule has 0 saturated carbocycles. The van der Waals surface area contributed by atoms with Crippen molar-refractivity contribution in [2.45, 2.75) is 18.4 Å². The fraction of sp³-hybridized carbons (Fsp3) is 0.240. The molecule has 0 spiro atoms. The lowest BCUT2D eigenvalue weighted by atomic mass is 10.1. The summed E-state index contributed by atoms with van der Waals surface area (Å²) in [6, 6.07) is 21.2. The van der Waals surface area contributed by atoms with Crippen molar-refractivity contribution >= 4 is 15.9 Å². The average Bonchev–Trinajstić information content (AvgIpc) is 2.84. The number of hydrogen-bond donors (Lipinski definition) is 1. The maximum Gasteiger partial charge on any atom is 0.254 e. The zero-order chi connectivity index (χ0) is 23.4. The van der Waals surface area contributed by atoms with Gasteiger partial charge in [0.25, 0.3) is 5.91 Å². The molecule has 0 bridgehead atoms. The Labute approximate surface area is 193 Å². The van der Waals surface area contributed by atoms with Crippen molar-refractivity contribution in [1.82, 2.24) is 9.21 Å². The van der Waals surface area contributed by atoms with E-state index >= 15 is 0 Å². The van der Waals surface area contributed by atoms with Gasteiger partial charge < -0.3 is 14.7 Å². The molecule has 172 valence electrons. The van der Waals surface area contributed by atoms with Crippen LogP contribution in [-0.2, 0) is 16.6 Å². The lowest BCUT2D eigenvalue weighted by Gasteiger charge is -2.34. The summed E-state index contributed by atoms with van der Waals surface area (Å²) in [5.41, 5.74) is 2.06. The molecule has 0 radical (unpaired) electrons. The second-order valence-electron chi connectivity index (χ2n) is 7.93. The van der Waals surface area contributed by atoms with Gasteiger partial charge in [-0.2, -0.15) is 4.31 Å². The van der Waals surface area contributed by atoms with Gasteiger partial charge in [-0.05, 0) is 42.8 Å². The first kappa shape index (κ1) is 22.8. The Morgan fingerprint density at radius 1 is 0.939 bits per heavy atom. The van der Waals surface area contributed by atoms with E-state index in [-0.39, 0.29) is 49.3 Å². The van der Waals surface area contributed by atoms with Crippen LogP contribution in [0.5, 0.6) is 11.5 Å². The molecule has 1 amide bonds. The number of carbonyl (C=O) groups excluding carboxylic acids is 1. The van der Waals surface area contributed by atoms with Crippen molar-refractivity contribution < 1.29 is 23.1 Å². The summed E-state index contributed by atoms with van der Waals surface area (Å²) in [6.45, 7) is 2.87. The number of aromatic hydroxyl groups is 1. The van der Waals surface area contributed by atoms with E-state index in [1.54, 1.807) is 30.0 Å². The topological polar surface area (TPSA) is 87.2 Å². The fourth-order valence-corrected chi connectivity index (χ4v) is 5.39. The fourth-order valence-electron chi connectivity index (χ4n) is 3.80. The molecule has 0 aromatic heterocycles. The highest BCUT2D eigenvalue weighted by Crippen LogP contribution is 2.28. The standard InChI is InChI=1S/C25H26N2O5S/c1-19-11-12-23(28)24(17-19)33(30,31)27-15-13-26(14-16-27)25(29)22-10-6-5-7-20(22)18-32-21-8-3-2-4-9-21/h2-12,17,28H,13-16,18H2,1H3. The third kappa shape index (κ3) is 5.02. The second kappa shape index (κ2) is 9.64. The number of para-hydroxylation sites is 1. The van der Waals surface area contributed by atoms with Crippen molar-refractivity contribution in [3.8, 4) is 11.5 Å². The Morgan fingerprint density at radius 2 is 1.61 bits per heavy atom. The van der Waals surface area contributed by atoms with Gasteiger partial charge in [0.15, 0.2) is 0 Å². The lowest BCUT2D eigenvalue weighted by Crippen LogP contribution is -2.50. The average molecular weight is 467 g/mol. The van der Waals surface area contributed by atoms with Crippen molar-refractivity contribution in [2.24, 2.45) is 0 Å². The quantitative estimate of drug-likeness (QED) is 0.602. The minimum Gasteiger partial charge on any atom is -0.507 e. The summed E-state index contributed by atoms with van der Waals surface area (Å²) in [6.07, 6.45) is 0. The summed E-state index contributed by atoms with van der Waals surface area (Å²) < 4.78 is 33.2. The number of rotatable bonds is 6. The van der Waals surface area contributed by atoms with Crippen LogP contribution >= 0.6 is 0 Å². The predicted molar refractivity (Wildman–Crippen MR) is 125 cm³/mol. The van der Waals surface area contributed by atoms with Crippen LogP contribution in [0.15, 0.2) is 77.7 Å². The van der Waals surface area contributed by atoms with Crippen molar-refractivity contribution in [3.63, 3.8) is 0 Å². The normalized spacial score (nSPS) is 14.8. The Hall–Kier alpha value is -3.36. The molecular weight excluding hydrogens is 440 g/mol. The SMILES string of the molecule is Cc1ccc(O)c(S(=O)(=O)N2CCN(C(=O)c3ccccc3COc3ccccc3)CC2)c1. The maximum absolute atomic E-state index is 13.2. The summed E-state index contributed by atoms with van der Waals surface area (Å²) in [5.74, 6) is 0.294. The van der Waals surface area contributed by atoms with Gasteiger partial charge in [0.05, 0.1) is 0 Å². The summed E-state index contributed by atoms with van der Waals surface area (Å²) in [5, 5.41) is 10.1. The van der Waals surface area contributed by atoms with Gasteiger partial charge in [0.1, 0.15) is 23.0 Å². The molecule has 0 aliphatic carbocycles. The van der Waals surface area contributed by atoms with Gasteiger partial charge >= 0.3 is 0 Å². The molecule has 4 rings (SSSR count). The first-order valence-electron chi connectivity index (χ1n) is 10.7. The van der Waals surface area contributed by atoms with E-state index in [0.717, 1.165) is 16.9 Å². The number of nitrogens with zero attached hydrogens (tertiary/aromatic N) is 2. The number of aryl methyl sites for hydroxylation is 1. The largest absolute Gasteiger partial charge is 0.507 e. The first-order valence-corrected chi connectivity index (χ1v) is 12.1. The zero-order valence-corrected chi connectivity index (χ0v) is 19.2. The summed E-state index contributed by atoms with van der Waals surface area (Å²) in [7, 11) is -3.85.